The number of allylic oxidation sites excluding steroid dienone is 1. The first-order valence-electron chi connectivity index (χ1n) is 5.93. The molecule has 0 N–H and O–H groups in total. The van der Waals surface area contributed by atoms with Crippen LogP contribution in [0.4, 0.5) is 4.39 Å². The Balaban J connectivity index is 1.87. The molecule has 0 amide bonds. The molecule has 1 aliphatic carbocycles. The fraction of sp³-hybridized carbons (Fsp3) is 0.125. The van der Waals surface area contributed by atoms with Crippen molar-refractivity contribution in [3.63, 3.8) is 0 Å². The average molecular weight is 259 g/mol. The average Bonchev–Trinajstić information content (AvgIpc) is 2.73. The Bertz CT molecular complexity index is 611. The molecule has 2 aromatic rings. The van der Waals surface area contributed by atoms with E-state index in [1.807, 2.05) is 12.1 Å². The van der Waals surface area contributed by atoms with Crippen LogP contribution >= 0.6 is 11.6 Å². The maximum atomic E-state index is 12.8. The summed E-state index contributed by atoms with van der Waals surface area (Å²) in [5, 5.41) is 0.789. The van der Waals surface area contributed by atoms with Crippen molar-refractivity contribution in [2.24, 2.45) is 0 Å². The van der Waals surface area contributed by atoms with Crippen LogP contribution in [0.2, 0.25) is 5.02 Å². The Morgan fingerprint density at radius 3 is 2.44 bits per heavy atom. The number of hydrogen-bond acceptors (Lipinski definition) is 0. The van der Waals surface area contributed by atoms with Gasteiger partial charge in [0.1, 0.15) is 5.82 Å². The summed E-state index contributed by atoms with van der Waals surface area (Å²) in [5.41, 5.74) is 5.04. The number of fused-ring (bicyclic) bond motifs is 1. The molecule has 0 aliphatic heterocycles. The van der Waals surface area contributed by atoms with E-state index in [0.29, 0.717) is 0 Å². The molecule has 0 unspecified atom stereocenters. The first-order chi connectivity index (χ1) is 8.70. The molecular weight excluding hydrogens is 247 g/mol. The monoisotopic (exact) mass is 258 g/mol. The summed E-state index contributed by atoms with van der Waals surface area (Å²) in [7, 11) is 0. The van der Waals surface area contributed by atoms with Crippen molar-refractivity contribution in [1.29, 1.82) is 0 Å². The van der Waals surface area contributed by atoms with Gasteiger partial charge in [-0.25, -0.2) is 4.39 Å². The molecule has 1 aliphatic rings. The maximum Gasteiger partial charge on any atom is 0.123 e. The predicted octanol–water partition coefficient (Wildman–Crippen LogP) is 4.66. The van der Waals surface area contributed by atoms with Crippen LogP contribution in [-0.4, -0.2) is 0 Å². The summed E-state index contributed by atoms with van der Waals surface area (Å²) in [6.07, 6.45) is 4.03. The van der Waals surface area contributed by atoms with Crippen LogP contribution in [0, 0.1) is 5.82 Å². The minimum Gasteiger partial charge on any atom is -0.207 e. The molecule has 0 radical (unpaired) electrons. The zero-order valence-electron chi connectivity index (χ0n) is 9.79. The van der Waals surface area contributed by atoms with E-state index in [-0.39, 0.29) is 5.82 Å². The molecule has 0 heterocycles. The molecule has 90 valence electrons. The van der Waals surface area contributed by atoms with Gasteiger partial charge < -0.3 is 0 Å². The molecule has 0 nitrogen and oxygen atoms in total. The molecule has 0 bridgehead atoms. The number of hydrogen-bond donors (Lipinski definition) is 0. The fourth-order valence-electron chi connectivity index (χ4n) is 2.38. The Hall–Kier alpha value is -1.60. The molecule has 3 rings (SSSR count). The SMILES string of the molecule is Fc1ccc(C=C2Cc3ccc(Cl)cc3C2)cc1. The normalized spacial score (nSPS) is 16.0. The Labute approximate surface area is 111 Å². The van der Waals surface area contributed by atoms with Gasteiger partial charge >= 0.3 is 0 Å². The standard InChI is InChI=1S/C16H12ClF/c17-15-4-3-13-8-12(9-14(13)10-15)7-11-1-5-16(18)6-2-11/h1-7,10H,8-9H2. The van der Waals surface area contributed by atoms with E-state index in [1.165, 1.54) is 28.8 Å². The van der Waals surface area contributed by atoms with Crippen LogP contribution in [0.1, 0.15) is 16.7 Å². The molecule has 0 aromatic heterocycles. The Morgan fingerprint density at radius 1 is 0.944 bits per heavy atom. The van der Waals surface area contributed by atoms with E-state index in [9.17, 15) is 4.39 Å². The van der Waals surface area contributed by atoms with Gasteiger partial charge in [0.05, 0.1) is 0 Å². The van der Waals surface area contributed by atoms with E-state index in [4.69, 9.17) is 11.6 Å². The van der Waals surface area contributed by atoms with Crippen LogP contribution in [0.3, 0.4) is 0 Å². The third kappa shape index (κ3) is 2.32. The smallest absolute Gasteiger partial charge is 0.123 e. The van der Waals surface area contributed by atoms with Gasteiger partial charge in [0.25, 0.3) is 0 Å². The van der Waals surface area contributed by atoms with Gasteiger partial charge in [-0.3, -0.25) is 0 Å². The predicted molar refractivity (Wildman–Crippen MR) is 73.2 cm³/mol. The summed E-state index contributed by atoms with van der Waals surface area (Å²) in [4.78, 5) is 0. The lowest BCUT2D eigenvalue weighted by Crippen LogP contribution is -1.82. The highest BCUT2D eigenvalue weighted by atomic mass is 35.5. The highest BCUT2D eigenvalue weighted by molar-refractivity contribution is 6.30. The largest absolute Gasteiger partial charge is 0.207 e. The zero-order chi connectivity index (χ0) is 12.5. The third-order valence-electron chi connectivity index (χ3n) is 3.24. The Morgan fingerprint density at radius 2 is 1.67 bits per heavy atom. The van der Waals surface area contributed by atoms with E-state index < -0.39 is 0 Å². The molecule has 0 saturated carbocycles. The summed E-state index contributed by atoms with van der Waals surface area (Å²) in [5.74, 6) is -0.196. The topological polar surface area (TPSA) is 0 Å². The van der Waals surface area contributed by atoms with Crippen LogP contribution in [0.15, 0.2) is 48.0 Å². The van der Waals surface area contributed by atoms with Gasteiger partial charge in [-0.15, -0.1) is 0 Å². The van der Waals surface area contributed by atoms with E-state index in [1.54, 1.807) is 12.1 Å². The minimum atomic E-state index is -0.196. The molecule has 2 heteroatoms. The molecule has 18 heavy (non-hydrogen) atoms. The number of benzene rings is 2. The van der Waals surface area contributed by atoms with Crippen molar-refractivity contribution < 1.29 is 4.39 Å². The van der Waals surface area contributed by atoms with E-state index in [0.717, 1.165) is 23.4 Å². The van der Waals surface area contributed by atoms with Crippen LogP contribution in [0.5, 0.6) is 0 Å². The quantitative estimate of drug-likeness (QED) is 0.698. The second kappa shape index (κ2) is 4.58. The second-order valence-electron chi connectivity index (χ2n) is 4.62. The molecular formula is C16H12ClF. The lowest BCUT2D eigenvalue weighted by atomic mass is 10.1. The first kappa shape index (κ1) is 11.5. The summed E-state index contributed by atoms with van der Waals surface area (Å²) < 4.78 is 12.8. The third-order valence-corrected chi connectivity index (χ3v) is 3.48. The lowest BCUT2D eigenvalue weighted by Gasteiger charge is -1.97. The number of rotatable bonds is 1. The van der Waals surface area contributed by atoms with E-state index in [2.05, 4.69) is 12.1 Å². The van der Waals surface area contributed by atoms with Crippen LogP contribution < -0.4 is 0 Å². The van der Waals surface area contributed by atoms with Crippen LogP contribution in [-0.2, 0) is 12.8 Å². The zero-order valence-corrected chi connectivity index (χ0v) is 10.5. The molecule has 2 aromatic carbocycles. The van der Waals surface area contributed by atoms with E-state index >= 15 is 0 Å². The van der Waals surface area contributed by atoms with Crippen molar-refractivity contribution in [2.45, 2.75) is 12.8 Å². The molecule has 0 saturated heterocycles. The second-order valence-corrected chi connectivity index (χ2v) is 5.06. The van der Waals surface area contributed by atoms with Crippen molar-refractivity contribution >= 4 is 17.7 Å². The Kier molecular flexibility index (Phi) is 2.92. The molecule has 0 atom stereocenters. The van der Waals surface area contributed by atoms with Gasteiger partial charge in [-0.1, -0.05) is 41.4 Å². The summed E-state index contributed by atoms with van der Waals surface area (Å²) in [6, 6.07) is 12.6. The maximum absolute atomic E-state index is 12.8. The van der Waals surface area contributed by atoms with Gasteiger partial charge in [0.15, 0.2) is 0 Å². The lowest BCUT2D eigenvalue weighted by molar-refractivity contribution is 0.628. The van der Waals surface area contributed by atoms with Gasteiger partial charge in [-0.2, -0.15) is 0 Å². The summed E-state index contributed by atoms with van der Waals surface area (Å²) in [6.45, 7) is 0. The van der Waals surface area contributed by atoms with Gasteiger partial charge in [0, 0.05) is 5.02 Å². The van der Waals surface area contributed by atoms with Gasteiger partial charge in [-0.05, 0) is 53.8 Å². The first-order valence-corrected chi connectivity index (χ1v) is 6.31. The molecule has 0 fully saturated rings. The fourth-order valence-corrected chi connectivity index (χ4v) is 2.57. The molecule has 0 spiro atoms. The van der Waals surface area contributed by atoms with Crippen molar-refractivity contribution in [3.8, 4) is 0 Å². The summed E-state index contributed by atoms with van der Waals surface area (Å²) >= 11 is 5.99. The van der Waals surface area contributed by atoms with Crippen molar-refractivity contribution in [2.75, 3.05) is 0 Å². The number of halogens is 2. The van der Waals surface area contributed by atoms with Gasteiger partial charge in [0.2, 0.25) is 0 Å². The van der Waals surface area contributed by atoms with Crippen LogP contribution in [0.25, 0.3) is 6.08 Å². The highest BCUT2D eigenvalue weighted by Gasteiger charge is 2.15. The highest BCUT2D eigenvalue weighted by Crippen LogP contribution is 2.29. The van der Waals surface area contributed by atoms with Crippen molar-refractivity contribution in [3.05, 3.63) is 75.6 Å². The minimum absolute atomic E-state index is 0.196. The van der Waals surface area contributed by atoms with Crippen molar-refractivity contribution in [1.82, 2.24) is 0 Å².